The highest BCUT2D eigenvalue weighted by atomic mass is 32.1. The molecule has 2 aromatic rings. The van der Waals surface area contributed by atoms with Crippen molar-refractivity contribution in [1.29, 1.82) is 0 Å². The third-order valence-corrected chi connectivity index (χ3v) is 4.87. The van der Waals surface area contributed by atoms with Gasteiger partial charge in [-0.15, -0.1) is 22.7 Å². The molecule has 4 heteroatoms. The highest BCUT2D eigenvalue weighted by Crippen LogP contribution is 2.34. The van der Waals surface area contributed by atoms with E-state index < -0.39 is 0 Å². The minimum absolute atomic E-state index is 0.342. The second-order valence-electron chi connectivity index (χ2n) is 3.87. The van der Waals surface area contributed by atoms with Crippen LogP contribution >= 0.6 is 22.7 Å². The smallest absolute Gasteiger partial charge is 0.133 e. The SMILES string of the molecule is NC1CCc2nc(-c3cccs3)sc2C1. The summed E-state index contributed by atoms with van der Waals surface area (Å²) < 4.78 is 0. The number of hydrogen-bond donors (Lipinski definition) is 1. The normalized spacial score (nSPS) is 20.2. The van der Waals surface area contributed by atoms with Gasteiger partial charge in [-0.3, -0.25) is 0 Å². The Morgan fingerprint density at radius 3 is 3.20 bits per heavy atom. The first-order valence-corrected chi connectivity index (χ1v) is 6.80. The van der Waals surface area contributed by atoms with E-state index in [9.17, 15) is 0 Å². The summed E-state index contributed by atoms with van der Waals surface area (Å²) in [4.78, 5) is 7.38. The first-order chi connectivity index (χ1) is 7.33. The van der Waals surface area contributed by atoms with Crippen LogP contribution in [0, 0.1) is 0 Å². The van der Waals surface area contributed by atoms with Gasteiger partial charge in [0.2, 0.25) is 0 Å². The minimum Gasteiger partial charge on any atom is -0.327 e. The van der Waals surface area contributed by atoms with Gasteiger partial charge in [-0.05, 0) is 30.7 Å². The Hall–Kier alpha value is -0.710. The van der Waals surface area contributed by atoms with Crippen LogP contribution in [0.25, 0.3) is 9.88 Å². The molecule has 78 valence electrons. The van der Waals surface area contributed by atoms with Crippen LogP contribution in [-0.2, 0) is 12.8 Å². The lowest BCUT2D eigenvalue weighted by molar-refractivity contribution is 0.576. The predicted molar refractivity (Wildman–Crippen MR) is 65.4 cm³/mol. The fourth-order valence-corrected chi connectivity index (χ4v) is 3.90. The van der Waals surface area contributed by atoms with Gasteiger partial charge >= 0.3 is 0 Å². The minimum atomic E-state index is 0.342. The molecule has 1 aliphatic carbocycles. The number of nitrogens with zero attached hydrogens (tertiary/aromatic N) is 1. The van der Waals surface area contributed by atoms with Crippen LogP contribution in [0.2, 0.25) is 0 Å². The van der Waals surface area contributed by atoms with Crippen LogP contribution in [0.4, 0.5) is 0 Å². The van der Waals surface area contributed by atoms with Crippen molar-refractivity contribution in [1.82, 2.24) is 4.98 Å². The second-order valence-corrected chi connectivity index (χ2v) is 5.90. The molecular weight excluding hydrogens is 224 g/mol. The van der Waals surface area contributed by atoms with Crippen molar-refractivity contribution < 1.29 is 0 Å². The van der Waals surface area contributed by atoms with Gasteiger partial charge in [-0.25, -0.2) is 4.98 Å². The molecule has 3 rings (SSSR count). The van der Waals surface area contributed by atoms with Crippen LogP contribution in [-0.4, -0.2) is 11.0 Å². The number of hydrogen-bond acceptors (Lipinski definition) is 4. The fourth-order valence-electron chi connectivity index (χ4n) is 1.91. The quantitative estimate of drug-likeness (QED) is 0.827. The van der Waals surface area contributed by atoms with E-state index >= 15 is 0 Å². The Labute approximate surface area is 96.8 Å². The van der Waals surface area contributed by atoms with Gasteiger partial charge < -0.3 is 5.73 Å². The standard InChI is InChI=1S/C11H12N2S2/c12-7-3-4-8-10(6-7)15-11(13-8)9-2-1-5-14-9/h1-2,5,7H,3-4,6,12H2. The molecule has 0 spiro atoms. The molecule has 0 radical (unpaired) electrons. The van der Waals surface area contributed by atoms with Gasteiger partial charge in [0, 0.05) is 10.9 Å². The lowest BCUT2D eigenvalue weighted by Crippen LogP contribution is -2.26. The molecule has 2 N–H and O–H groups in total. The summed E-state index contributed by atoms with van der Waals surface area (Å²) in [5.74, 6) is 0. The average Bonchev–Trinajstić information content (AvgIpc) is 2.84. The summed E-state index contributed by atoms with van der Waals surface area (Å²) in [7, 11) is 0. The van der Waals surface area contributed by atoms with Gasteiger partial charge in [0.1, 0.15) is 5.01 Å². The van der Waals surface area contributed by atoms with Crippen LogP contribution in [0.1, 0.15) is 17.0 Å². The van der Waals surface area contributed by atoms with Crippen molar-refractivity contribution in [3.05, 3.63) is 28.1 Å². The summed E-state index contributed by atoms with van der Waals surface area (Å²) in [5.41, 5.74) is 7.24. The number of thiophene rings is 1. The highest BCUT2D eigenvalue weighted by Gasteiger charge is 2.20. The Bertz CT molecular complexity index is 459. The van der Waals surface area contributed by atoms with Crippen LogP contribution in [0.5, 0.6) is 0 Å². The molecule has 1 aliphatic rings. The van der Waals surface area contributed by atoms with E-state index in [1.165, 1.54) is 20.5 Å². The molecule has 2 nitrogen and oxygen atoms in total. The summed E-state index contributed by atoms with van der Waals surface area (Å²) in [6.45, 7) is 0. The Morgan fingerprint density at radius 2 is 2.40 bits per heavy atom. The molecule has 2 aromatic heterocycles. The first kappa shape index (κ1) is 9.51. The molecule has 0 bridgehead atoms. The van der Waals surface area contributed by atoms with Crippen molar-refractivity contribution in [2.24, 2.45) is 5.73 Å². The molecule has 15 heavy (non-hydrogen) atoms. The van der Waals surface area contributed by atoms with E-state index in [1.807, 2.05) is 11.3 Å². The third-order valence-electron chi connectivity index (χ3n) is 2.71. The van der Waals surface area contributed by atoms with E-state index in [-0.39, 0.29) is 0 Å². The largest absolute Gasteiger partial charge is 0.327 e. The van der Waals surface area contributed by atoms with E-state index in [0.29, 0.717) is 6.04 Å². The molecule has 2 heterocycles. The van der Waals surface area contributed by atoms with Gasteiger partial charge in [-0.2, -0.15) is 0 Å². The summed E-state index contributed by atoms with van der Waals surface area (Å²) >= 11 is 3.57. The molecule has 0 aliphatic heterocycles. The average molecular weight is 236 g/mol. The zero-order chi connectivity index (χ0) is 10.3. The van der Waals surface area contributed by atoms with Gasteiger partial charge in [0.05, 0.1) is 10.6 Å². The molecule has 0 fully saturated rings. The predicted octanol–water partition coefficient (Wildman–Crippen LogP) is 2.69. The molecule has 1 atom stereocenters. The van der Waals surface area contributed by atoms with E-state index in [0.717, 1.165) is 19.3 Å². The van der Waals surface area contributed by atoms with Crippen molar-refractivity contribution in [3.63, 3.8) is 0 Å². The molecule has 0 saturated heterocycles. The Balaban J connectivity index is 2.00. The first-order valence-electron chi connectivity index (χ1n) is 5.11. The summed E-state index contributed by atoms with van der Waals surface area (Å²) in [6, 6.07) is 4.55. The number of rotatable bonds is 1. The number of thiazole rings is 1. The van der Waals surface area contributed by atoms with E-state index in [2.05, 4.69) is 17.5 Å². The number of fused-ring (bicyclic) bond motifs is 1. The maximum Gasteiger partial charge on any atom is 0.133 e. The van der Waals surface area contributed by atoms with Crippen molar-refractivity contribution >= 4 is 22.7 Å². The van der Waals surface area contributed by atoms with Crippen LogP contribution < -0.4 is 5.73 Å². The zero-order valence-electron chi connectivity index (χ0n) is 8.27. The van der Waals surface area contributed by atoms with Crippen LogP contribution in [0.3, 0.4) is 0 Å². The van der Waals surface area contributed by atoms with Crippen molar-refractivity contribution in [3.8, 4) is 9.88 Å². The van der Waals surface area contributed by atoms with Gasteiger partial charge in [0.25, 0.3) is 0 Å². The van der Waals surface area contributed by atoms with E-state index in [1.54, 1.807) is 11.3 Å². The van der Waals surface area contributed by atoms with Crippen molar-refractivity contribution in [2.75, 3.05) is 0 Å². The maximum atomic E-state index is 5.96. The lowest BCUT2D eigenvalue weighted by Gasteiger charge is -2.15. The fraction of sp³-hybridized carbons (Fsp3) is 0.364. The number of aromatic nitrogens is 1. The number of nitrogens with two attached hydrogens (primary N) is 1. The molecular formula is C11H12N2S2. The molecule has 0 saturated carbocycles. The monoisotopic (exact) mass is 236 g/mol. The topological polar surface area (TPSA) is 38.9 Å². The van der Waals surface area contributed by atoms with Gasteiger partial charge in [0.15, 0.2) is 0 Å². The Morgan fingerprint density at radius 1 is 1.47 bits per heavy atom. The van der Waals surface area contributed by atoms with Gasteiger partial charge in [-0.1, -0.05) is 6.07 Å². The summed E-state index contributed by atoms with van der Waals surface area (Å²) in [6.07, 6.45) is 3.15. The van der Waals surface area contributed by atoms with Crippen LogP contribution in [0.15, 0.2) is 17.5 Å². The second kappa shape index (κ2) is 3.70. The van der Waals surface area contributed by atoms with E-state index in [4.69, 9.17) is 10.7 Å². The van der Waals surface area contributed by atoms with Crippen molar-refractivity contribution in [2.45, 2.75) is 25.3 Å². The zero-order valence-corrected chi connectivity index (χ0v) is 9.90. The summed E-state index contributed by atoms with van der Waals surface area (Å²) in [5, 5.41) is 3.27. The maximum absolute atomic E-state index is 5.96. The number of aryl methyl sites for hydroxylation is 1. The lowest BCUT2D eigenvalue weighted by atomic mass is 9.99. The highest BCUT2D eigenvalue weighted by molar-refractivity contribution is 7.21. The molecule has 0 amide bonds. The Kier molecular flexibility index (Phi) is 2.35. The molecule has 1 unspecified atom stereocenters. The molecule has 0 aromatic carbocycles. The third kappa shape index (κ3) is 1.73.